The van der Waals surface area contributed by atoms with Crippen LogP contribution >= 0.6 is 0 Å². The molecule has 0 fully saturated rings. The lowest BCUT2D eigenvalue weighted by Gasteiger charge is -2.24. The monoisotopic (exact) mass is 377 g/mol. The number of hydrogen-bond acceptors (Lipinski definition) is 5. The van der Waals surface area contributed by atoms with E-state index in [1.165, 1.54) is 19.2 Å². The highest BCUT2D eigenvalue weighted by atomic mass is 32.2. The van der Waals surface area contributed by atoms with Gasteiger partial charge in [-0.3, -0.25) is 4.79 Å². The first kappa shape index (κ1) is 19.9. The number of benzene rings is 2. The first-order valence-electron chi connectivity index (χ1n) is 7.98. The van der Waals surface area contributed by atoms with E-state index in [1.807, 2.05) is 0 Å². The van der Waals surface area contributed by atoms with Crippen LogP contribution in [0.5, 0.6) is 5.75 Å². The standard InChI is InChI=1S/C18H23N3O4S/c1-11-8-9-13(10-15(11)18(20)22)26(23,24)21-17(12(2)19)14-6-4-5-7-16(14)25-3/h4-10,12,17,21H,19H2,1-3H3,(H2,20,22). The van der Waals surface area contributed by atoms with Crippen LogP contribution in [-0.2, 0) is 10.0 Å². The van der Waals surface area contributed by atoms with E-state index < -0.39 is 28.0 Å². The van der Waals surface area contributed by atoms with Gasteiger partial charge < -0.3 is 16.2 Å². The van der Waals surface area contributed by atoms with Crippen LogP contribution in [0.2, 0.25) is 0 Å². The minimum atomic E-state index is -3.94. The van der Waals surface area contributed by atoms with Crippen LogP contribution in [0.3, 0.4) is 0 Å². The molecular formula is C18H23N3O4S. The van der Waals surface area contributed by atoms with Gasteiger partial charge in [-0.05, 0) is 37.6 Å². The van der Waals surface area contributed by atoms with Gasteiger partial charge in [0.15, 0.2) is 0 Å². The number of nitrogens with one attached hydrogen (secondary N) is 1. The zero-order valence-corrected chi connectivity index (χ0v) is 15.7. The molecular weight excluding hydrogens is 354 g/mol. The largest absolute Gasteiger partial charge is 0.496 e. The summed E-state index contributed by atoms with van der Waals surface area (Å²) in [5.74, 6) is -0.160. The van der Waals surface area contributed by atoms with Gasteiger partial charge in [0.2, 0.25) is 15.9 Å². The highest BCUT2D eigenvalue weighted by Crippen LogP contribution is 2.28. The molecule has 7 nitrogen and oxygen atoms in total. The Morgan fingerprint density at radius 1 is 1.19 bits per heavy atom. The van der Waals surface area contributed by atoms with E-state index in [4.69, 9.17) is 16.2 Å². The number of sulfonamides is 1. The normalized spacial score (nSPS) is 13.8. The maximum Gasteiger partial charge on any atom is 0.249 e. The van der Waals surface area contributed by atoms with Crippen LogP contribution in [0.4, 0.5) is 0 Å². The summed E-state index contributed by atoms with van der Waals surface area (Å²) in [6.45, 7) is 3.38. The van der Waals surface area contributed by atoms with Crippen molar-refractivity contribution in [3.05, 3.63) is 59.2 Å². The van der Waals surface area contributed by atoms with Crippen molar-refractivity contribution in [2.24, 2.45) is 11.5 Å². The number of para-hydroxylation sites is 1. The molecule has 0 saturated carbocycles. The molecule has 140 valence electrons. The Morgan fingerprint density at radius 2 is 1.85 bits per heavy atom. The van der Waals surface area contributed by atoms with Gasteiger partial charge in [-0.1, -0.05) is 24.3 Å². The van der Waals surface area contributed by atoms with Crippen LogP contribution in [0, 0.1) is 6.92 Å². The third-order valence-corrected chi connectivity index (χ3v) is 5.51. The van der Waals surface area contributed by atoms with Gasteiger partial charge in [0, 0.05) is 17.2 Å². The molecule has 2 atom stereocenters. The minimum absolute atomic E-state index is 0.0579. The van der Waals surface area contributed by atoms with E-state index in [9.17, 15) is 13.2 Å². The van der Waals surface area contributed by atoms with Crippen molar-refractivity contribution >= 4 is 15.9 Å². The molecule has 5 N–H and O–H groups in total. The van der Waals surface area contributed by atoms with Gasteiger partial charge in [-0.15, -0.1) is 0 Å². The van der Waals surface area contributed by atoms with Crippen LogP contribution in [0.15, 0.2) is 47.4 Å². The first-order valence-corrected chi connectivity index (χ1v) is 9.47. The molecule has 0 heterocycles. The summed E-state index contributed by atoms with van der Waals surface area (Å²) in [7, 11) is -2.44. The molecule has 2 unspecified atom stereocenters. The fourth-order valence-corrected chi connectivity index (χ4v) is 3.98. The van der Waals surface area contributed by atoms with Crippen LogP contribution in [0.25, 0.3) is 0 Å². The molecule has 0 aromatic heterocycles. The topological polar surface area (TPSA) is 125 Å². The van der Waals surface area contributed by atoms with Crippen LogP contribution < -0.4 is 20.9 Å². The summed E-state index contributed by atoms with van der Waals surface area (Å²) in [5.41, 5.74) is 12.7. The fourth-order valence-electron chi connectivity index (χ4n) is 2.65. The lowest BCUT2D eigenvalue weighted by Crippen LogP contribution is -2.39. The van der Waals surface area contributed by atoms with Gasteiger partial charge in [-0.25, -0.2) is 13.1 Å². The summed E-state index contributed by atoms with van der Waals surface area (Å²) < 4.78 is 33.6. The van der Waals surface area contributed by atoms with E-state index in [0.29, 0.717) is 16.9 Å². The number of aryl methyl sites for hydroxylation is 1. The van der Waals surface area contributed by atoms with Crippen molar-refractivity contribution < 1.29 is 17.9 Å². The van der Waals surface area contributed by atoms with E-state index in [0.717, 1.165) is 0 Å². The number of carbonyl (C=O) groups is 1. The summed E-state index contributed by atoms with van der Waals surface area (Å²) in [6.07, 6.45) is 0. The Hall–Kier alpha value is -2.42. The quantitative estimate of drug-likeness (QED) is 0.674. The number of ether oxygens (including phenoxy) is 1. The summed E-state index contributed by atoms with van der Waals surface area (Å²) in [6, 6.07) is 10.0. The number of rotatable bonds is 7. The molecule has 0 radical (unpaired) electrons. The number of carbonyl (C=O) groups excluding carboxylic acids is 1. The molecule has 26 heavy (non-hydrogen) atoms. The second kappa shape index (κ2) is 7.86. The Balaban J connectivity index is 2.45. The number of hydrogen-bond donors (Lipinski definition) is 3. The van der Waals surface area contributed by atoms with Crippen LogP contribution in [0.1, 0.15) is 34.5 Å². The Bertz CT molecular complexity index is 910. The predicted octanol–water partition coefficient (Wildman–Crippen LogP) is 1.47. The predicted molar refractivity (Wildman–Crippen MR) is 99.4 cm³/mol. The molecule has 2 aromatic rings. The Labute approximate surface area is 153 Å². The van der Waals surface area contributed by atoms with Crippen LogP contribution in [-0.4, -0.2) is 27.5 Å². The maximum atomic E-state index is 12.8. The fraction of sp³-hybridized carbons (Fsp3) is 0.278. The Kier molecular flexibility index (Phi) is 6.01. The molecule has 0 saturated heterocycles. The molecule has 0 aliphatic heterocycles. The molecule has 1 amide bonds. The van der Waals surface area contributed by atoms with Crippen molar-refractivity contribution in [3.63, 3.8) is 0 Å². The van der Waals surface area contributed by atoms with E-state index >= 15 is 0 Å². The molecule has 0 spiro atoms. The van der Waals surface area contributed by atoms with Gasteiger partial charge in [0.25, 0.3) is 0 Å². The third kappa shape index (κ3) is 4.21. The highest BCUT2D eigenvalue weighted by Gasteiger charge is 2.27. The van der Waals surface area contributed by atoms with E-state index in [2.05, 4.69) is 4.72 Å². The average molecular weight is 377 g/mol. The molecule has 8 heteroatoms. The third-order valence-electron chi connectivity index (χ3n) is 4.07. The van der Waals surface area contributed by atoms with Gasteiger partial charge >= 0.3 is 0 Å². The molecule has 0 aliphatic rings. The average Bonchev–Trinajstić information content (AvgIpc) is 2.59. The summed E-state index contributed by atoms with van der Waals surface area (Å²) in [4.78, 5) is 11.4. The number of amides is 1. The zero-order chi connectivity index (χ0) is 19.5. The van der Waals surface area contributed by atoms with Crippen molar-refractivity contribution in [2.75, 3.05) is 7.11 Å². The lowest BCUT2D eigenvalue weighted by molar-refractivity contribution is 0.0999. The highest BCUT2D eigenvalue weighted by molar-refractivity contribution is 7.89. The number of nitrogens with two attached hydrogens (primary N) is 2. The molecule has 0 bridgehead atoms. The smallest absolute Gasteiger partial charge is 0.249 e. The Morgan fingerprint density at radius 3 is 2.42 bits per heavy atom. The SMILES string of the molecule is COc1ccccc1C(NS(=O)(=O)c1ccc(C)c(C(N)=O)c1)C(C)N. The van der Waals surface area contributed by atoms with Gasteiger partial charge in [0.05, 0.1) is 18.0 Å². The lowest BCUT2D eigenvalue weighted by atomic mass is 10.0. The van der Waals surface area contributed by atoms with Crippen molar-refractivity contribution in [2.45, 2.75) is 30.8 Å². The van der Waals surface area contributed by atoms with E-state index in [1.54, 1.807) is 44.2 Å². The van der Waals surface area contributed by atoms with Gasteiger partial charge in [0.1, 0.15) is 5.75 Å². The minimum Gasteiger partial charge on any atom is -0.496 e. The van der Waals surface area contributed by atoms with Crippen molar-refractivity contribution in [1.82, 2.24) is 4.72 Å². The summed E-state index contributed by atoms with van der Waals surface area (Å²) in [5, 5.41) is 0. The van der Waals surface area contributed by atoms with E-state index in [-0.39, 0.29) is 10.5 Å². The van der Waals surface area contributed by atoms with Gasteiger partial charge in [-0.2, -0.15) is 0 Å². The number of primary amides is 1. The second-order valence-corrected chi connectivity index (χ2v) is 7.75. The van der Waals surface area contributed by atoms with Crippen molar-refractivity contribution in [1.29, 1.82) is 0 Å². The molecule has 2 aromatic carbocycles. The number of methoxy groups -OCH3 is 1. The molecule has 0 aliphatic carbocycles. The second-order valence-electron chi connectivity index (χ2n) is 6.04. The summed E-state index contributed by atoms with van der Waals surface area (Å²) >= 11 is 0. The first-order chi connectivity index (χ1) is 12.2. The zero-order valence-electron chi connectivity index (χ0n) is 14.9. The molecule has 2 rings (SSSR count). The van der Waals surface area contributed by atoms with Crippen molar-refractivity contribution in [3.8, 4) is 5.75 Å². The maximum absolute atomic E-state index is 12.8.